The van der Waals surface area contributed by atoms with Crippen molar-refractivity contribution in [3.63, 3.8) is 0 Å². The largest absolute Gasteiger partial charge is 0.330 e. The zero-order chi connectivity index (χ0) is 13.9. The van der Waals surface area contributed by atoms with E-state index in [4.69, 9.17) is 5.73 Å². The minimum Gasteiger partial charge on any atom is -0.330 e. The maximum atomic E-state index is 11.6. The molecule has 0 atom stereocenters. The summed E-state index contributed by atoms with van der Waals surface area (Å²) >= 11 is 0. The zero-order valence-corrected chi connectivity index (χ0v) is 12.3. The fourth-order valence-electron chi connectivity index (χ4n) is 2.34. The normalized spacial score (nSPS) is 20.8. The highest BCUT2D eigenvalue weighted by atomic mass is 32.3. The van der Waals surface area contributed by atoms with Crippen LogP contribution in [-0.2, 0) is 19.9 Å². The van der Waals surface area contributed by atoms with Gasteiger partial charge in [-0.1, -0.05) is 19.3 Å². The van der Waals surface area contributed by atoms with Crippen molar-refractivity contribution in [1.82, 2.24) is 4.72 Å². The van der Waals surface area contributed by atoms with Gasteiger partial charge in [0.2, 0.25) is 10.0 Å². The molecule has 8 heteroatoms. The van der Waals surface area contributed by atoms with Gasteiger partial charge in [0, 0.05) is 12.8 Å². The van der Waals surface area contributed by atoms with E-state index in [1.54, 1.807) is 0 Å². The Morgan fingerprint density at radius 2 is 1.67 bits per heavy atom. The lowest BCUT2D eigenvalue weighted by atomic mass is 9.74. The molecule has 0 unspecified atom stereocenters. The van der Waals surface area contributed by atoms with Crippen LogP contribution >= 0.6 is 0 Å². The monoisotopic (exact) mass is 298 g/mol. The van der Waals surface area contributed by atoms with Gasteiger partial charge in [-0.3, -0.25) is 0 Å². The molecule has 1 saturated carbocycles. The summed E-state index contributed by atoms with van der Waals surface area (Å²) < 4.78 is 47.6. The number of rotatable bonds is 6. The van der Waals surface area contributed by atoms with Crippen LogP contribution in [-0.4, -0.2) is 41.3 Å². The van der Waals surface area contributed by atoms with Crippen molar-refractivity contribution in [2.24, 2.45) is 11.1 Å². The molecule has 3 N–H and O–H groups in total. The summed E-state index contributed by atoms with van der Waals surface area (Å²) in [5.41, 5.74) is 5.54. The summed E-state index contributed by atoms with van der Waals surface area (Å²) in [6, 6.07) is 0. The molecule has 6 nitrogen and oxygen atoms in total. The van der Waals surface area contributed by atoms with Crippen LogP contribution in [0.25, 0.3) is 0 Å². The maximum absolute atomic E-state index is 11.6. The lowest BCUT2D eigenvalue weighted by Gasteiger charge is -2.36. The second-order valence-corrected chi connectivity index (χ2v) is 9.56. The Hall–Kier alpha value is -0.180. The van der Waals surface area contributed by atoms with Crippen molar-refractivity contribution in [3.8, 4) is 0 Å². The van der Waals surface area contributed by atoms with Gasteiger partial charge >= 0.3 is 0 Å². The Morgan fingerprint density at radius 3 is 2.11 bits per heavy atom. The summed E-state index contributed by atoms with van der Waals surface area (Å²) in [7, 11) is -7.32. The third-order valence-corrected chi connectivity index (χ3v) is 6.92. The predicted octanol–water partition coefficient (Wildman–Crippen LogP) is -0.183. The molecular formula is C10H22N2O4S2. The molecule has 0 radical (unpaired) electrons. The van der Waals surface area contributed by atoms with Crippen molar-refractivity contribution in [1.29, 1.82) is 0 Å². The standard InChI is InChI=1S/C10H22N2O4S2/c1-17(13,14)9-18(15,16)12-8-10(7-11)5-3-2-4-6-10/h12H,2-9,11H2,1H3. The summed E-state index contributed by atoms with van der Waals surface area (Å²) in [5.74, 6) is 0. The number of hydrogen-bond donors (Lipinski definition) is 2. The Balaban J connectivity index is 2.62. The van der Waals surface area contributed by atoms with Crippen LogP contribution in [0.2, 0.25) is 0 Å². The molecule has 0 aromatic heterocycles. The van der Waals surface area contributed by atoms with E-state index in [0.29, 0.717) is 6.54 Å². The smallest absolute Gasteiger partial charge is 0.226 e. The molecule has 0 aromatic carbocycles. The van der Waals surface area contributed by atoms with E-state index in [-0.39, 0.29) is 12.0 Å². The highest BCUT2D eigenvalue weighted by Gasteiger charge is 2.32. The van der Waals surface area contributed by atoms with Gasteiger partial charge in [-0.05, 0) is 24.8 Å². The average molecular weight is 298 g/mol. The predicted molar refractivity (Wildman–Crippen MR) is 71.2 cm³/mol. The topological polar surface area (TPSA) is 106 Å². The zero-order valence-electron chi connectivity index (χ0n) is 10.7. The van der Waals surface area contributed by atoms with Crippen LogP contribution in [0.3, 0.4) is 0 Å². The van der Waals surface area contributed by atoms with E-state index in [0.717, 1.165) is 38.4 Å². The minimum atomic E-state index is -3.78. The summed E-state index contributed by atoms with van der Waals surface area (Å²) in [4.78, 5) is 0. The van der Waals surface area contributed by atoms with Crippen molar-refractivity contribution >= 4 is 19.9 Å². The van der Waals surface area contributed by atoms with Gasteiger partial charge in [0.1, 0.15) is 0 Å². The van der Waals surface area contributed by atoms with Crippen LogP contribution in [0.15, 0.2) is 0 Å². The van der Waals surface area contributed by atoms with E-state index in [9.17, 15) is 16.8 Å². The molecule has 1 rings (SSSR count). The maximum Gasteiger partial charge on any atom is 0.226 e. The quantitative estimate of drug-likeness (QED) is 0.707. The second-order valence-electron chi connectivity index (χ2n) is 5.24. The van der Waals surface area contributed by atoms with E-state index >= 15 is 0 Å². The van der Waals surface area contributed by atoms with Crippen molar-refractivity contribution in [3.05, 3.63) is 0 Å². The fourth-order valence-corrected chi connectivity index (χ4v) is 5.46. The van der Waals surface area contributed by atoms with Gasteiger partial charge in [0.25, 0.3) is 0 Å². The molecule has 1 aliphatic rings. The van der Waals surface area contributed by atoms with Gasteiger partial charge in [0.15, 0.2) is 14.9 Å². The molecule has 0 spiro atoms. The van der Waals surface area contributed by atoms with Gasteiger partial charge in [-0.15, -0.1) is 0 Å². The number of hydrogen-bond acceptors (Lipinski definition) is 5. The van der Waals surface area contributed by atoms with Crippen molar-refractivity contribution < 1.29 is 16.8 Å². The summed E-state index contributed by atoms with van der Waals surface area (Å²) in [6.07, 6.45) is 5.94. The third kappa shape index (κ3) is 5.21. The number of sulfone groups is 1. The lowest BCUT2D eigenvalue weighted by Crippen LogP contribution is -2.44. The van der Waals surface area contributed by atoms with E-state index in [1.807, 2.05) is 0 Å². The highest BCUT2D eigenvalue weighted by molar-refractivity contribution is 8.06. The van der Waals surface area contributed by atoms with Gasteiger partial charge in [-0.2, -0.15) is 0 Å². The Morgan fingerprint density at radius 1 is 1.11 bits per heavy atom. The summed E-state index contributed by atoms with van der Waals surface area (Å²) in [6.45, 7) is 0.662. The highest BCUT2D eigenvalue weighted by Crippen LogP contribution is 2.34. The van der Waals surface area contributed by atoms with Gasteiger partial charge in [-0.25, -0.2) is 21.6 Å². The van der Waals surface area contributed by atoms with Crippen LogP contribution in [0, 0.1) is 5.41 Å². The second kappa shape index (κ2) is 5.85. The van der Waals surface area contributed by atoms with Crippen molar-refractivity contribution in [2.45, 2.75) is 32.1 Å². The first-order chi connectivity index (χ1) is 8.18. The minimum absolute atomic E-state index is 0.206. The average Bonchev–Trinajstić information content (AvgIpc) is 2.25. The van der Waals surface area contributed by atoms with Crippen LogP contribution in [0.5, 0.6) is 0 Å². The first kappa shape index (κ1) is 15.9. The SMILES string of the molecule is CS(=O)(=O)CS(=O)(=O)NCC1(CN)CCCCC1. The molecule has 0 heterocycles. The number of sulfonamides is 1. The van der Waals surface area contributed by atoms with E-state index in [1.165, 1.54) is 0 Å². The molecule has 0 aromatic rings. The molecule has 108 valence electrons. The molecule has 0 bridgehead atoms. The fraction of sp³-hybridized carbons (Fsp3) is 1.00. The molecule has 0 saturated heterocycles. The van der Waals surface area contributed by atoms with Crippen LogP contribution < -0.4 is 10.5 Å². The molecule has 0 aliphatic heterocycles. The van der Waals surface area contributed by atoms with E-state index in [2.05, 4.69) is 4.72 Å². The van der Waals surface area contributed by atoms with E-state index < -0.39 is 24.9 Å². The van der Waals surface area contributed by atoms with Crippen molar-refractivity contribution in [2.75, 3.05) is 24.4 Å². The number of nitrogens with one attached hydrogen (secondary N) is 1. The third-order valence-electron chi connectivity index (χ3n) is 3.38. The Bertz CT molecular complexity index is 464. The lowest BCUT2D eigenvalue weighted by molar-refractivity contribution is 0.202. The Labute approximate surface area is 109 Å². The molecule has 0 amide bonds. The van der Waals surface area contributed by atoms with Crippen LogP contribution in [0.4, 0.5) is 0 Å². The first-order valence-corrected chi connectivity index (χ1v) is 9.75. The first-order valence-electron chi connectivity index (χ1n) is 6.03. The molecular weight excluding hydrogens is 276 g/mol. The molecule has 18 heavy (non-hydrogen) atoms. The Kier molecular flexibility index (Phi) is 5.16. The number of nitrogens with two attached hydrogens (primary N) is 1. The van der Waals surface area contributed by atoms with Gasteiger partial charge in [0.05, 0.1) is 0 Å². The van der Waals surface area contributed by atoms with Gasteiger partial charge < -0.3 is 5.73 Å². The molecule has 1 aliphatic carbocycles. The summed E-state index contributed by atoms with van der Waals surface area (Å²) in [5, 5.41) is -0.860. The molecule has 1 fully saturated rings. The van der Waals surface area contributed by atoms with Crippen LogP contribution in [0.1, 0.15) is 32.1 Å².